The van der Waals surface area contributed by atoms with Crippen molar-refractivity contribution in [2.45, 2.75) is 39.0 Å². The molecule has 178 valence electrons. The summed E-state index contributed by atoms with van der Waals surface area (Å²) in [4.78, 5) is 25.8. The molecule has 1 atom stereocenters. The van der Waals surface area contributed by atoms with Crippen LogP contribution in [0, 0.1) is 5.92 Å². The topological polar surface area (TPSA) is 86.8 Å². The fourth-order valence-electron chi connectivity index (χ4n) is 3.87. The van der Waals surface area contributed by atoms with E-state index < -0.39 is 16.1 Å². The van der Waals surface area contributed by atoms with Crippen molar-refractivity contribution in [3.8, 4) is 0 Å². The summed E-state index contributed by atoms with van der Waals surface area (Å²) in [7, 11) is -0.590. The second-order valence-electron chi connectivity index (χ2n) is 9.71. The van der Waals surface area contributed by atoms with Crippen LogP contribution in [-0.4, -0.2) is 55.9 Å². The highest BCUT2D eigenvalue weighted by Gasteiger charge is 2.33. The molecule has 1 heterocycles. The standard InChI is InChI=1S/C25H33N3O4S/c1-25(2,3)21-13-11-18(12-14-21)23(29)19-8-6-10-22(16-19)26-24(30)20-9-7-15-28(17-20)33(31,32)27(4)5/h6,8,10-14,16,20H,7,9,15,17H2,1-5H3,(H,26,30)/t20-/m1/s1. The molecule has 1 saturated heterocycles. The zero-order chi connectivity index (χ0) is 24.4. The second-order valence-corrected chi connectivity index (χ2v) is 11.9. The van der Waals surface area contributed by atoms with Crippen LogP contribution in [0.25, 0.3) is 0 Å². The Bertz CT molecular complexity index is 1120. The van der Waals surface area contributed by atoms with Crippen molar-refractivity contribution in [2.24, 2.45) is 5.92 Å². The van der Waals surface area contributed by atoms with Crippen LogP contribution >= 0.6 is 0 Å². The van der Waals surface area contributed by atoms with Gasteiger partial charge in [-0.25, -0.2) is 0 Å². The fourth-order valence-corrected chi connectivity index (χ4v) is 5.06. The first-order chi connectivity index (χ1) is 15.4. The maximum absolute atomic E-state index is 13.0. The number of carbonyl (C=O) groups excluding carboxylic acids is 2. The van der Waals surface area contributed by atoms with Gasteiger partial charge in [0.1, 0.15) is 0 Å². The quantitative estimate of drug-likeness (QED) is 0.651. The third kappa shape index (κ3) is 5.88. The summed E-state index contributed by atoms with van der Waals surface area (Å²) < 4.78 is 27.4. The van der Waals surface area contributed by atoms with E-state index in [1.165, 1.54) is 18.4 Å². The van der Waals surface area contributed by atoms with E-state index in [9.17, 15) is 18.0 Å². The Morgan fingerprint density at radius 3 is 2.30 bits per heavy atom. The summed E-state index contributed by atoms with van der Waals surface area (Å²) in [5.41, 5.74) is 2.74. The molecule has 2 aromatic carbocycles. The third-order valence-electron chi connectivity index (χ3n) is 5.95. The number of benzene rings is 2. The highest BCUT2D eigenvalue weighted by atomic mass is 32.2. The van der Waals surface area contributed by atoms with Crippen LogP contribution < -0.4 is 5.32 Å². The number of nitrogens with one attached hydrogen (secondary N) is 1. The molecule has 7 nitrogen and oxygen atoms in total. The predicted octanol–water partition coefficient (Wildman–Crippen LogP) is 3.67. The minimum absolute atomic E-state index is 0.00630. The largest absolute Gasteiger partial charge is 0.326 e. The molecule has 2 aromatic rings. The number of nitrogens with zero attached hydrogens (tertiary/aromatic N) is 2. The van der Waals surface area contributed by atoms with Crippen LogP contribution in [0.15, 0.2) is 48.5 Å². The van der Waals surface area contributed by atoms with Crippen molar-refractivity contribution < 1.29 is 18.0 Å². The molecular formula is C25H33N3O4S. The van der Waals surface area contributed by atoms with E-state index in [-0.39, 0.29) is 23.7 Å². The molecule has 0 saturated carbocycles. The molecule has 8 heteroatoms. The van der Waals surface area contributed by atoms with Crippen molar-refractivity contribution in [3.63, 3.8) is 0 Å². The van der Waals surface area contributed by atoms with Crippen LogP contribution in [-0.2, 0) is 20.4 Å². The van der Waals surface area contributed by atoms with E-state index in [1.54, 1.807) is 24.3 Å². The first-order valence-corrected chi connectivity index (χ1v) is 12.5. The van der Waals surface area contributed by atoms with Crippen molar-refractivity contribution >= 4 is 27.6 Å². The number of ketones is 1. The first-order valence-electron chi connectivity index (χ1n) is 11.1. The van der Waals surface area contributed by atoms with Crippen LogP contribution in [0.1, 0.15) is 55.1 Å². The summed E-state index contributed by atoms with van der Waals surface area (Å²) in [6.45, 7) is 6.92. The molecule has 1 N–H and O–H groups in total. The number of hydrogen-bond acceptors (Lipinski definition) is 4. The summed E-state index contributed by atoms with van der Waals surface area (Å²) in [5.74, 6) is -0.807. The van der Waals surface area contributed by atoms with Crippen molar-refractivity contribution in [3.05, 3.63) is 65.2 Å². The predicted molar refractivity (Wildman–Crippen MR) is 131 cm³/mol. The van der Waals surface area contributed by atoms with E-state index in [2.05, 4.69) is 26.1 Å². The molecule has 1 aliphatic rings. The van der Waals surface area contributed by atoms with Crippen LogP contribution in [0.2, 0.25) is 0 Å². The Balaban J connectivity index is 1.71. The van der Waals surface area contributed by atoms with Gasteiger partial charge in [-0.05, 0) is 36.0 Å². The molecule has 0 spiro atoms. The summed E-state index contributed by atoms with van der Waals surface area (Å²) >= 11 is 0. The van der Waals surface area contributed by atoms with Crippen molar-refractivity contribution in [1.29, 1.82) is 0 Å². The number of anilines is 1. The SMILES string of the molecule is CN(C)S(=O)(=O)N1CCC[C@@H](C(=O)Nc2cccc(C(=O)c3ccc(C(C)(C)C)cc3)c2)C1. The molecule has 3 rings (SSSR count). The minimum Gasteiger partial charge on any atom is -0.326 e. The van der Waals surface area contributed by atoms with Gasteiger partial charge in [-0.2, -0.15) is 17.0 Å². The molecule has 33 heavy (non-hydrogen) atoms. The maximum atomic E-state index is 13.0. The minimum atomic E-state index is -3.56. The monoisotopic (exact) mass is 471 g/mol. The van der Waals surface area contributed by atoms with Gasteiger partial charge in [-0.15, -0.1) is 0 Å². The molecule has 1 aliphatic heterocycles. The van der Waals surface area contributed by atoms with Crippen LogP contribution in [0.3, 0.4) is 0 Å². The zero-order valence-corrected chi connectivity index (χ0v) is 20.8. The molecule has 0 bridgehead atoms. The van der Waals surface area contributed by atoms with Crippen LogP contribution in [0.5, 0.6) is 0 Å². The second kappa shape index (κ2) is 9.75. The smallest absolute Gasteiger partial charge is 0.281 e. The lowest BCUT2D eigenvalue weighted by molar-refractivity contribution is -0.120. The molecular weight excluding hydrogens is 438 g/mol. The Labute approximate surface area is 197 Å². The van der Waals surface area contributed by atoms with Gasteiger partial charge in [0.2, 0.25) is 5.91 Å². The van der Waals surface area contributed by atoms with Gasteiger partial charge in [0, 0.05) is 44.0 Å². The summed E-state index contributed by atoms with van der Waals surface area (Å²) in [5, 5.41) is 2.86. The highest BCUT2D eigenvalue weighted by molar-refractivity contribution is 7.86. The average molecular weight is 472 g/mol. The van der Waals surface area contributed by atoms with Gasteiger partial charge in [0.25, 0.3) is 10.2 Å². The van der Waals surface area contributed by atoms with Crippen LogP contribution in [0.4, 0.5) is 5.69 Å². The summed E-state index contributed by atoms with van der Waals surface area (Å²) in [6.07, 6.45) is 1.23. The Hall–Kier alpha value is -2.55. The number of amides is 1. The number of piperidine rings is 1. The fraction of sp³-hybridized carbons (Fsp3) is 0.440. The zero-order valence-electron chi connectivity index (χ0n) is 20.0. The maximum Gasteiger partial charge on any atom is 0.281 e. The van der Waals surface area contributed by atoms with Crippen molar-refractivity contribution in [1.82, 2.24) is 8.61 Å². The molecule has 0 aliphatic carbocycles. The third-order valence-corrected chi connectivity index (χ3v) is 7.86. The lowest BCUT2D eigenvalue weighted by Gasteiger charge is -2.32. The van der Waals surface area contributed by atoms with E-state index in [0.29, 0.717) is 36.2 Å². The lowest BCUT2D eigenvalue weighted by atomic mass is 9.86. The van der Waals surface area contributed by atoms with E-state index >= 15 is 0 Å². The highest BCUT2D eigenvalue weighted by Crippen LogP contribution is 2.25. The molecule has 0 unspecified atom stereocenters. The molecule has 1 fully saturated rings. The van der Waals surface area contributed by atoms with Gasteiger partial charge in [-0.1, -0.05) is 57.2 Å². The van der Waals surface area contributed by atoms with Gasteiger partial charge in [0.15, 0.2) is 5.78 Å². The Morgan fingerprint density at radius 2 is 1.70 bits per heavy atom. The number of hydrogen-bond donors (Lipinski definition) is 1. The van der Waals surface area contributed by atoms with E-state index in [4.69, 9.17) is 0 Å². The first kappa shape index (κ1) is 25.1. The average Bonchev–Trinajstić information content (AvgIpc) is 2.78. The lowest BCUT2D eigenvalue weighted by Crippen LogP contribution is -2.47. The normalized spacial score (nSPS) is 17.7. The van der Waals surface area contributed by atoms with E-state index in [1.807, 2.05) is 24.3 Å². The number of carbonyl (C=O) groups is 2. The van der Waals surface area contributed by atoms with Crippen molar-refractivity contribution in [2.75, 3.05) is 32.5 Å². The Kier molecular flexibility index (Phi) is 7.41. The summed E-state index contributed by atoms with van der Waals surface area (Å²) in [6, 6.07) is 14.4. The van der Waals surface area contributed by atoms with E-state index in [0.717, 1.165) is 9.87 Å². The molecule has 0 aromatic heterocycles. The van der Waals surface area contributed by atoms with Gasteiger partial charge in [-0.3, -0.25) is 9.59 Å². The molecule has 0 radical (unpaired) electrons. The number of rotatable bonds is 6. The Morgan fingerprint density at radius 1 is 1.03 bits per heavy atom. The van der Waals surface area contributed by atoms with Gasteiger partial charge >= 0.3 is 0 Å². The van der Waals surface area contributed by atoms with Gasteiger partial charge in [0.05, 0.1) is 5.92 Å². The molecule has 1 amide bonds. The van der Waals surface area contributed by atoms with Gasteiger partial charge < -0.3 is 5.32 Å².